The predicted octanol–water partition coefficient (Wildman–Crippen LogP) is 2.59. The van der Waals surface area contributed by atoms with Crippen molar-refractivity contribution in [3.63, 3.8) is 0 Å². The van der Waals surface area contributed by atoms with Crippen molar-refractivity contribution in [1.82, 2.24) is 9.47 Å². The minimum atomic E-state index is 1.18. The number of hydrogen-bond donors (Lipinski definition) is 0. The van der Waals surface area contributed by atoms with E-state index in [1.54, 1.807) is 0 Å². The molecule has 0 bridgehead atoms. The van der Waals surface area contributed by atoms with E-state index in [-0.39, 0.29) is 0 Å². The van der Waals surface area contributed by atoms with E-state index < -0.39 is 0 Å². The number of nitrogens with zero attached hydrogens (tertiary/aromatic N) is 2. The van der Waals surface area contributed by atoms with Crippen LogP contribution < -0.4 is 0 Å². The number of rotatable bonds is 4. The smallest absolute Gasteiger partial charge is 0.0236 e. The second-order valence-electron chi connectivity index (χ2n) is 4.67. The normalized spacial score (nSPS) is 17.5. The topological polar surface area (TPSA) is 8.17 Å². The quantitative estimate of drug-likeness (QED) is 0.735. The van der Waals surface area contributed by atoms with Crippen LogP contribution in [0.5, 0.6) is 0 Å². The summed E-state index contributed by atoms with van der Waals surface area (Å²) in [5.74, 6) is 0. The first-order chi connectivity index (χ1) is 7.27. The summed E-state index contributed by atoms with van der Waals surface area (Å²) in [6, 6.07) is 4.43. The third-order valence-electron chi connectivity index (χ3n) is 3.47. The summed E-state index contributed by atoms with van der Waals surface area (Å²) in [5.41, 5.74) is 2.79. The van der Waals surface area contributed by atoms with E-state index in [2.05, 4.69) is 35.4 Å². The lowest BCUT2D eigenvalue weighted by Crippen LogP contribution is -2.21. The fraction of sp³-hybridized carbons (Fsp3) is 0.692. The van der Waals surface area contributed by atoms with Crippen molar-refractivity contribution < 1.29 is 0 Å². The molecular weight excluding hydrogens is 184 g/mol. The minimum Gasteiger partial charge on any atom is -0.349 e. The van der Waals surface area contributed by atoms with Crippen LogP contribution in [0, 0.1) is 13.8 Å². The number of hydrogen-bond acceptors (Lipinski definition) is 1. The maximum atomic E-state index is 2.59. The average molecular weight is 206 g/mol. The fourth-order valence-corrected chi connectivity index (χ4v) is 2.51. The summed E-state index contributed by atoms with van der Waals surface area (Å²) in [6.45, 7) is 9.50. The van der Waals surface area contributed by atoms with Gasteiger partial charge in [-0.1, -0.05) is 0 Å². The van der Waals surface area contributed by atoms with Crippen molar-refractivity contribution in [3.8, 4) is 0 Å². The zero-order chi connectivity index (χ0) is 10.7. The summed E-state index contributed by atoms with van der Waals surface area (Å²) < 4.78 is 2.43. The molecule has 1 aliphatic heterocycles. The third kappa shape index (κ3) is 2.63. The highest BCUT2D eigenvalue weighted by atomic mass is 15.1. The van der Waals surface area contributed by atoms with E-state index in [1.807, 2.05) is 0 Å². The van der Waals surface area contributed by atoms with Gasteiger partial charge in [0, 0.05) is 17.9 Å². The molecule has 15 heavy (non-hydrogen) atoms. The number of aromatic nitrogens is 1. The van der Waals surface area contributed by atoms with E-state index in [1.165, 1.54) is 56.8 Å². The molecule has 2 heteroatoms. The zero-order valence-corrected chi connectivity index (χ0v) is 10.00. The molecule has 0 aliphatic carbocycles. The first kappa shape index (κ1) is 10.7. The molecule has 84 valence electrons. The second-order valence-corrected chi connectivity index (χ2v) is 4.67. The second kappa shape index (κ2) is 4.84. The Hall–Kier alpha value is -0.760. The average Bonchev–Trinajstić information content (AvgIpc) is 2.82. The Morgan fingerprint density at radius 2 is 1.60 bits per heavy atom. The Bertz CT molecular complexity index is 289. The summed E-state index contributed by atoms with van der Waals surface area (Å²) in [7, 11) is 0. The van der Waals surface area contributed by atoms with Crippen molar-refractivity contribution >= 4 is 0 Å². The lowest BCUT2D eigenvalue weighted by molar-refractivity contribution is 0.324. The van der Waals surface area contributed by atoms with E-state index in [9.17, 15) is 0 Å². The van der Waals surface area contributed by atoms with Gasteiger partial charge in [0.05, 0.1) is 0 Å². The van der Waals surface area contributed by atoms with E-state index >= 15 is 0 Å². The van der Waals surface area contributed by atoms with Gasteiger partial charge in [-0.05, 0) is 64.9 Å². The van der Waals surface area contributed by atoms with Crippen LogP contribution in [0.1, 0.15) is 30.7 Å². The van der Waals surface area contributed by atoms with Crippen molar-refractivity contribution in [1.29, 1.82) is 0 Å². The Morgan fingerprint density at radius 3 is 2.20 bits per heavy atom. The van der Waals surface area contributed by atoms with E-state index in [0.29, 0.717) is 0 Å². The molecule has 2 rings (SSSR count). The summed E-state index contributed by atoms with van der Waals surface area (Å²) in [5, 5.41) is 0. The van der Waals surface area contributed by atoms with Crippen LogP contribution in [0.25, 0.3) is 0 Å². The largest absolute Gasteiger partial charge is 0.349 e. The SMILES string of the molecule is Cc1ccc(C)n1CCCN1CCCC1. The van der Waals surface area contributed by atoms with Crippen LogP contribution in [0.15, 0.2) is 12.1 Å². The predicted molar refractivity (Wildman–Crippen MR) is 64.2 cm³/mol. The third-order valence-corrected chi connectivity index (χ3v) is 3.47. The summed E-state index contributed by atoms with van der Waals surface area (Å²) in [6.07, 6.45) is 4.10. The molecule has 0 unspecified atom stereocenters. The maximum absolute atomic E-state index is 2.59. The van der Waals surface area contributed by atoms with Crippen molar-refractivity contribution in [2.45, 2.75) is 39.7 Å². The monoisotopic (exact) mass is 206 g/mol. The Balaban J connectivity index is 1.77. The van der Waals surface area contributed by atoms with Gasteiger partial charge >= 0.3 is 0 Å². The van der Waals surface area contributed by atoms with Gasteiger partial charge in [-0.3, -0.25) is 0 Å². The highest BCUT2D eigenvalue weighted by Gasteiger charge is 2.10. The highest BCUT2D eigenvalue weighted by molar-refractivity contribution is 5.13. The van der Waals surface area contributed by atoms with Crippen LogP contribution in [-0.2, 0) is 6.54 Å². The van der Waals surface area contributed by atoms with Gasteiger partial charge in [0.25, 0.3) is 0 Å². The van der Waals surface area contributed by atoms with Crippen molar-refractivity contribution in [3.05, 3.63) is 23.5 Å². The molecule has 2 heterocycles. The molecule has 1 fully saturated rings. The van der Waals surface area contributed by atoms with Gasteiger partial charge in [0.15, 0.2) is 0 Å². The fourth-order valence-electron chi connectivity index (χ4n) is 2.51. The summed E-state index contributed by atoms with van der Waals surface area (Å²) in [4.78, 5) is 2.59. The molecule has 2 nitrogen and oxygen atoms in total. The standard InChI is InChI=1S/C13H22N2/c1-12-6-7-13(2)15(12)11-5-10-14-8-3-4-9-14/h6-7H,3-5,8-11H2,1-2H3. The summed E-state index contributed by atoms with van der Waals surface area (Å²) >= 11 is 0. The molecule has 0 saturated carbocycles. The van der Waals surface area contributed by atoms with Gasteiger partial charge in [-0.2, -0.15) is 0 Å². The lowest BCUT2D eigenvalue weighted by Gasteiger charge is -2.15. The lowest BCUT2D eigenvalue weighted by atomic mass is 10.3. The van der Waals surface area contributed by atoms with E-state index in [4.69, 9.17) is 0 Å². The molecule has 0 radical (unpaired) electrons. The van der Waals surface area contributed by atoms with Gasteiger partial charge in [-0.25, -0.2) is 0 Å². The first-order valence-electron chi connectivity index (χ1n) is 6.12. The molecular formula is C13H22N2. The van der Waals surface area contributed by atoms with Crippen LogP contribution in [0.4, 0.5) is 0 Å². The molecule has 1 aromatic rings. The molecule has 1 aliphatic rings. The van der Waals surface area contributed by atoms with Gasteiger partial charge in [0.2, 0.25) is 0 Å². The van der Waals surface area contributed by atoms with Crippen LogP contribution >= 0.6 is 0 Å². The molecule has 0 aromatic carbocycles. The molecule has 1 saturated heterocycles. The number of aryl methyl sites for hydroxylation is 2. The van der Waals surface area contributed by atoms with Gasteiger partial charge < -0.3 is 9.47 Å². The highest BCUT2D eigenvalue weighted by Crippen LogP contribution is 2.10. The molecule has 0 amide bonds. The Labute approximate surface area is 92.9 Å². The first-order valence-corrected chi connectivity index (χ1v) is 6.12. The molecule has 0 N–H and O–H groups in total. The maximum Gasteiger partial charge on any atom is 0.0236 e. The minimum absolute atomic E-state index is 1.18. The Kier molecular flexibility index (Phi) is 3.47. The van der Waals surface area contributed by atoms with Crippen LogP contribution in [0.3, 0.4) is 0 Å². The van der Waals surface area contributed by atoms with Crippen LogP contribution in [0.2, 0.25) is 0 Å². The molecule has 0 spiro atoms. The van der Waals surface area contributed by atoms with Crippen LogP contribution in [-0.4, -0.2) is 29.1 Å². The molecule has 0 atom stereocenters. The molecule has 1 aromatic heterocycles. The van der Waals surface area contributed by atoms with Gasteiger partial charge in [0.1, 0.15) is 0 Å². The zero-order valence-electron chi connectivity index (χ0n) is 10.00. The number of likely N-dealkylation sites (tertiary alicyclic amines) is 1. The van der Waals surface area contributed by atoms with Crippen molar-refractivity contribution in [2.75, 3.05) is 19.6 Å². The van der Waals surface area contributed by atoms with Gasteiger partial charge in [-0.15, -0.1) is 0 Å². The van der Waals surface area contributed by atoms with Crippen molar-refractivity contribution in [2.24, 2.45) is 0 Å². The Morgan fingerprint density at radius 1 is 1.00 bits per heavy atom. The van der Waals surface area contributed by atoms with E-state index in [0.717, 1.165) is 0 Å².